The van der Waals surface area contributed by atoms with E-state index in [4.69, 9.17) is 9.47 Å². The highest BCUT2D eigenvalue weighted by atomic mass is 16.6. The van der Waals surface area contributed by atoms with Crippen LogP contribution in [0.25, 0.3) is 0 Å². The van der Waals surface area contributed by atoms with Crippen molar-refractivity contribution in [3.05, 3.63) is 59.7 Å². The number of nitrogens with one attached hydrogen (secondary N) is 2. The van der Waals surface area contributed by atoms with Gasteiger partial charge in [-0.25, -0.2) is 9.59 Å². The molecule has 3 aliphatic heterocycles. The molecule has 3 amide bonds. The van der Waals surface area contributed by atoms with Crippen LogP contribution in [0.5, 0.6) is 5.75 Å². The number of carbonyl (C=O) groups is 2. The number of rotatable bonds is 6. The summed E-state index contributed by atoms with van der Waals surface area (Å²) in [7, 11) is 1.65. The highest BCUT2D eigenvalue weighted by Crippen LogP contribution is 2.40. The first-order chi connectivity index (χ1) is 18.7. The van der Waals surface area contributed by atoms with Gasteiger partial charge < -0.3 is 19.3 Å². The number of hydrazine groups is 1. The summed E-state index contributed by atoms with van der Waals surface area (Å²) in [5, 5.41) is 0. The van der Waals surface area contributed by atoms with Crippen LogP contribution >= 0.6 is 0 Å². The number of urea groups is 1. The Kier molecular flexibility index (Phi) is 7.73. The van der Waals surface area contributed by atoms with Crippen molar-refractivity contribution in [3.8, 4) is 5.75 Å². The van der Waals surface area contributed by atoms with E-state index < -0.39 is 0 Å². The molecule has 3 heterocycles. The predicted molar refractivity (Wildman–Crippen MR) is 151 cm³/mol. The molecule has 0 unspecified atom stereocenters. The van der Waals surface area contributed by atoms with Gasteiger partial charge in [-0.2, -0.15) is 0 Å². The molecule has 0 bridgehead atoms. The van der Waals surface area contributed by atoms with Crippen molar-refractivity contribution < 1.29 is 19.1 Å². The molecule has 9 nitrogen and oxygen atoms in total. The lowest BCUT2D eigenvalue weighted by atomic mass is 9.86. The number of anilines is 1. The van der Waals surface area contributed by atoms with Crippen LogP contribution in [0.1, 0.15) is 50.7 Å². The van der Waals surface area contributed by atoms with Crippen molar-refractivity contribution in [2.24, 2.45) is 5.41 Å². The summed E-state index contributed by atoms with van der Waals surface area (Å²) < 4.78 is 11.0. The summed E-state index contributed by atoms with van der Waals surface area (Å²) in [6.45, 7) is 10.5. The van der Waals surface area contributed by atoms with Gasteiger partial charge in [0.15, 0.2) is 0 Å². The molecule has 0 aliphatic carbocycles. The predicted octanol–water partition coefficient (Wildman–Crippen LogP) is 4.35. The Morgan fingerprint density at radius 2 is 1.74 bits per heavy atom. The Labute approximate surface area is 231 Å². The van der Waals surface area contributed by atoms with E-state index in [0.29, 0.717) is 51.5 Å². The van der Waals surface area contributed by atoms with Crippen molar-refractivity contribution in [1.82, 2.24) is 20.7 Å². The number of nitrogens with zero attached hydrogens (tertiary/aromatic N) is 3. The normalized spacial score (nSPS) is 19.7. The average molecular weight is 536 g/mol. The summed E-state index contributed by atoms with van der Waals surface area (Å²) in [5.74, 6) is 1.19. The Morgan fingerprint density at radius 1 is 1.05 bits per heavy atom. The fraction of sp³-hybridized carbons (Fsp3) is 0.533. The van der Waals surface area contributed by atoms with Crippen molar-refractivity contribution in [1.29, 1.82) is 0 Å². The molecule has 2 aromatic rings. The molecule has 2 aromatic carbocycles. The van der Waals surface area contributed by atoms with Gasteiger partial charge in [0, 0.05) is 44.3 Å². The molecular formula is C30H41N5O4. The SMILES string of the molecule is COc1cccc(CN2C(=O)N(c3ccc(C4CNNC4)cc3)CC23CCN(C(=O)OCC(C)(C)C)CC3)c1. The topological polar surface area (TPSA) is 86.4 Å². The average Bonchev–Trinajstić information content (AvgIpc) is 3.56. The number of hydrogen-bond acceptors (Lipinski definition) is 6. The van der Waals surface area contributed by atoms with E-state index in [-0.39, 0.29) is 23.1 Å². The Balaban J connectivity index is 1.36. The quantitative estimate of drug-likeness (QED) is 0.572. The summed E-state index contributed by atoms with van der Waals surface area (Å²) >= 11 is 0. The maximum Gasteiger partial charge on any atom is 0.409 e. The first-order valence-electron chi connectivity index (χ1n) is 13.9. The molecular weight excluding hydrogens is 494 g/mol. The molecule has 0 radical (unpaired) electrons. The third-order valence-electron chi connectivity index (χ3n) is 8.04. The van der Waals surface area contributed by atoms with Crippen molar-refractivity contribution in [3.63, 3.8) is 0 Å². The van der Waals surface area contributed by atoms with Gasteiger partial charge in [0.1, 0.15) is 5.75 Å². The lowest BCUT2D eigenvalue weighted by Crippen LogP contribution is -2.55. The number of methoxy groups -OCH3 is 1. The molecule has 9 heteroatoms. The minimum absolute atomic E-state index is 0.00136. The summed E-state index contributed by atoms with van der Waals surface area (Å²) in [6, 6.07) is 16.3. The van der Waals surface area contributed by atoms with E-state index >= 15 is 0 Å². The monoisotopic (exact) mass is 535 g/mol. The van der Waals surface area contributed by atoms with Gasteiger partial charge in [0.25, 0.3) is 0 Å². The van der Waals surface area contributed by atoms with Crippen LogP contribution in [0, 0.1) is 5.41 Å². The van der Waals surface area contributed by atoms with Gasteiger partial charge in [-0.1, -0.05) is 45.0 Å². The molecule has 0 aromatic heterocycles. The van der Waals surface area contributed by atoms with Crippen LogP contribution in [0.3, 0.4) is 0 Å². The first kappa shape index (κ1) is 27.3. The van der Waals surface area contributed by atoms with E-state index in [1.54, 1.807) is 12.0 Å². The number of benzene rings is 2. The van der Waals surface area contributed by atoms with E-state index in [1.165, 1.54) is 5.56 Å². The molecule has 3 saturated heterocycles. The van der Waals surface area contributed by atoms with Crippen LogP contribution in [0.2, 0.25) is 0 Å². The second kappa shape index (κ2) is 11.1. The van der Waals surface area contributed by atoms with E-state index in [9.17, 15) is 9.59 Å². The highest BCUT2D eigenvalue weighted by molar-refractivity contribution is 5.95. The van der Waals surface area contributed by atoms with E-state index in [0.717, 1.165) is 30.1 Å². The standard InChI is InChI=1S/C30H41N5O4/c1-29(2,3)21-39-28(37)33-14-12-30(13-15-33)20-34(25-10-8-23(9-11-25)24-17-31-32-18-24)27(36)35(30)19-22-6-5-7-26(16-22)38-4/h5-11,16,24,31-32H,12-15,17-21H2,1-4H3. The number of piperidine rings is 1. The zero-order valence-corrected chi connectivity index (χ0v) is 23.5. The van der Waals surface area contributed by atoms with Crippen LogP contribution < -0.4 is 20.5 Å². The number of ether oxygens (including phenoxy) is 2. The van der Waals surface area contributed by atoms with Crippen molar-refractivity contribution in [2.45, 2.75) is 51.6 Å². The van der Waals surface area contributed by atoms with Gasteiger partial charge >= 0.3 is 12.1 Å². The van der Waals surface area contributed by atoms with Gasteiger partial charge in [-0.05, 0) is 53.6 Å². The molecule has 3 fully saturated rings. The fourth-order valence-corrected chi connectivity index (χ4v) is 5.71. The molecule has 0 saturated carbocycles. The summed E-state index contributed by atoms with van der Waals surface area (Å²) in [5.41, 5.74) is 9.09. The fourth-order valence-electron chi connectivity index (χ4n) is 5.71. The third kappa shape index (κ3) is 5.99. The minimum atomic E-state index is -0.376. The van der Waals surface area contributed by atoms with Crippen molar-refractivity contribution in [2.75, 3.05) is 51.3 Å². The Bertz CT molecular complexity index is 1160. The second-order valence-corrected chi connectivity index (χ2v) is 12.2. The zero-order valence-electron chi connectivity index (χ0n) is 23.5. The van der Waals surface area contributed by atoms with E-state index in [1.807, 2.05) is 34.1 Å². The summed E-state index contributed by atoms with van der Waals surface area (Å²) in [4.78, 5) is 32.5. The van der Waals surface area contributed by atoms with Crippen LogP contribution in [0.4, 0.5) is 15.3 Å². The molecule has 210 valence electrons. The third-order valence-corrected chi connectivity index (χ3v) is 8.04. The Hall–Kier alpha value is -3.30. The number of hydrogen-bond donors (Lipinski definition) is 2. The molecule has 1 spiro atoms. The summed E-state index contributed by atoms with van der Waals surface area (Å²) in [6.07, 6.45) is 1.12. The van der Waals surface area contributed by atoms with Gasteiger partial charge in [0.05, 0.1) is 25.8 Å². The van der Waals surface area contributed by atoms with Gasteiger partial charge in [-0.15, -0.1) is 0 Å². The highest BCUT2D eigenvalue weighted by Gasteiger charge is 2.51. The first-order valence-corrected chi connectivity index (χ1v) is 13.9. The zero-order chi connectivity index (χ0) is 27.6. The van der Waals surface area contributed by atoms with Crippen molar-refractivity contribution >= 4 is 17.8 Å². The number of likely N-dealkylation sites (tertiary alicyclic amines) is 1. The molecule has 3 aliphatic rings. The van der Waals surface area contributed by atoms with Gasteiger partial charge in [0.2, 0.25) is 0 Å². The molecule has 0 atom stereocenters. The second-order valence-electron chi connectivity index (χ2n) is 12.2. The maximum absolute atomic E-state index is 14.0. The smallest absolute Gasteiger partial charge is 0.409 e. The molecule has 5 rings (SSSR count). The number of amides is 3. The van der Waals surface area contributed by atoms with Crippen LogP contribution in [-0.2, 0) is 11.3 Å². The molecule has 39 heavy (non-hydrogen) atoms. The number of carbonyl (C=O) groups excluding carboxylic acids is 2. The minimum Gasteiger partial charge on any atom is -0.497 e. The lowest BCUT2D eigenvalue weighted by molar-refractivity contribution is 0.0400. The Morgan fingerprint density at radius 3 is 2.38 bits per heavy atom. The van der Waals surface area contributed by atoms with Gasteiger partial charge in [-0.3, -0.25) is 15.8 Å². The van der Waals surface area contributed by atoms with Crippen LogP contribution in [0.15, 0.2) is 48.5 Å². The largest absolute Gasteiger partial charge is 0.497 e. The lowest BCUT2D eigenvalue weighted by Gasteiger charge is -2.43. The van der Waals surface area contributed by atoms with E-state index in [2.05, 4.69) is 55.9 Å². The van der Waals surface area contributed by atoms with Crippen LogP contribution in [-0.4, -0.2) is 73.9 Å². The molecule has 2 N–H and O–H groups in total. The maximum atomic E-state index is 14.0.